The fraction of sp³-hybridized carbons (Fsp3) is 0.500. The first-order chi connectivity index (χ1) is 11.6. The monoisotopic (exact) mass is 341 g/mol. The Morgan fingerprint density at radius 2 is 2.12 bits per heavy atom. The van der Waals surface area contributed by atoms with Crippen molar-refractivity contribution in [3.63, 3.8) is 0 Å². The fourth-order valence-corrected chi connectivity index (χ4v) is 2.72. The summed E-state index contributed by atoms with van der Waals surface area (Å²) in [6.45, 7) is 10.3. The molecule has 1 aromatic heterocycles. The maximum atomic E-state index is 12.4. The van der Waals surface area contributed by atoms with Gasteiger partial charge in [-0.2, -0.15) is 0 Å². The molecule has 5 heteroatoms. The van der Waals surface area contributed by atoms with Crippen LogP contribution in [0.2, 0.25) is 0 Å². The minimum Gasteiger partial charge on any atom is -0.444 e. The average Bonchev–Trinajstić information content (AvgIpc) is 2.81. The summed E-state index contributed by atoms with van der Waals surface area (Å²) in [4.78, 5) is 18.6. The zero-order valence-electron chi connectivity index (χ0n) is 15.9. The summed E-state index contributed by atoms with van der Waals surface area (Å²) < 4.78 is 5.51. The van der Waals surface area contributed by atoms with Crippen LogP contribution in [-0.2, 0) is 4.74 Å². The van der Waals surface area contributed by atoms with E-state index in [4.69, 9.17) is 4.74 Å². The van der Waals surface area contributed by atoms with E-state index >= 15 is 0 Å². The van der Waals surface area contributed by atoms with Gasteiger partial charge < -0.3 is 10.1 Å². The van der Waals surface area contributed by atoms with E-state index in [-0.39, 0.29) is 6.09 Å². The highest BCUT2D eigenvalue weighted by molar-refractivity contribution is 5.71. The van der Waals surface area contributed by atoms with E-state index in [1.54, 1.807) is 4.90 Å². The Kier molecular flexibility index (Phi) is 5.42. The normalized spacial score (nSPS) is 17.8. The van der Waals surface area contributed by atoms with Crippen molar-refractivity contribution in [2.75, 3.05) is 18.9 Å². The van der Waals surface area contributed by atoms with E-state index in [9.17, 15) is 4.79 Å². The SMILES string of the molecule is CNc1cccc(C#C/C=C2\CCN(C(=O)OC(C)(C)C)C2(C)C)n1. The van der Waals surface area contributed by atoms with Crippen LogP contribution in [0.3, 0.4) is 0 Å². The molecular formula is C20H27N3O2. The zero-order valence-corrected chi connectivity index (χ0v) is 15.9. The van der Waals surface area contributed by atoms with Gasteiger partial charge in [-0.15, -0.1) is 0 Å². The molecule has 1 amide bonds. The van der Waals surface area contributed by atoms with E-state index in [0.29, 0.717) is 12.2 Å². The van der Waals surface area contributed by atoms with Gasteiger partial charge in [-0.05, 0) is 70.7 Å². The lowest BCUT2D eigenvalue weighted by atomic mass is 9.95. The molecule has 0 radical (unpaired) electrons. The number of pyridine rings is 1. The van der Waals surface area contributed by atoms with Gasteiger partial charge in [0, 0.05) is 13.6 Å². The molecule has 1 N–H and O–H groups in total. The number of hydrogen-bond donors (Lipinski definition) is 1. The summed E-state index contributed by atoms with van der Waals surface area (Å²) in [5.41, 5.74) is 0.930. The fourth-order valence-electron chi connectivity index (χ4n) is 2.72. The summed E-state index contributed by atoms with van der Waals surface area (Å²) >= 11 is 0. The number of rotatable bonds is 1. The van der Waals surface area contributed by atoms with Crippen LogP contribution in [0.25, 0.3) is 0 Å². The molecule has 134 valence electrons. The number of amides is 1. The van der Waals surface area contributed by atoms with Gasteiger partial charge in [-0.25, -0.2) is 9.78 Å². The van der Waals surface area contributed by atoms with E-state index in [1.165, 1.54) is 0 Å². The minimum absolute atomic E-state index is 0.280. The van der Waals surface area contributed by atoms with Crippen molar-refractivity contribution >= 4 is 11.9 Å². The molecule has 5 nitrogen and oxygen atoms in total. The van der Waals surface area contributed by atoms with Crippen molar-refractivity contribution in [3.05, 3.63) is 35.5 Å². The molecule has 1 fully saturated rings. The first kappa shape index (κ1) is 18.9. The van der Waals surface area contributed by atoms with Crippen LogP contribution in [0.15, 0.2) is 29.8 Å². The first-order valence-corrected chi connectivity index (χ1v) is 8.50. The minimum atomic E-state index is -0.497. The second kappa shape index (κ2) is 7.18. The number of allylic oxidation sites excluding steroid dienone is 1. The summed E-state index contributed by atoms with van der Waals surface area (Å²) in [6.07, 6.45) is 2.42. The predicted octanol–water partition coefficient (Wildman–Crippen LogP) is 3.82. The standard InChI is InChI=1S/C20H27N3O2/c1-19(2,3)25-18(24)23-14-13-15(20(23,4)5)9-7-10-16-11-8-12-17(21-6)22-16/h8-9,11-12H,13-14H2,1-6H3,(H,21,22)/b15-9+. The zero-order chi connectivity index (χ0) is 18.7. The Labute approximate surface area is 150 Å². The van der Waals surface area contributed by atoms with Crippen LogP contribution in [0, 0.1) is 11.8 Å². The van der Waals surface area contributed by atoms with Crippen molar-refractivity contribution in [2.24, 2.45) is 0 Å². The van der Waals surface area contributed by atoms with E-state index in [0.717, 1.165) is 17.8 Å². The number of carbonyl (C=O) groups is 1. The molecule has 1 aromatic rings. The number of carbonyl (C=O) groups excluding carboxylic acids is 1. The molecule has 1 aliphatic heterocycles. The molecule has 0 spiro atoms. The van der Waals surface area contributed by atoms with Crippen LogP contribution in [0.5, 0.6) is 0 Å². The molecule has 0 aromatic carbocycles. The van der Waals surface area contributed by atoms with E-state index in [2.05, 4.69) is 22.1 Å². The van der Waals surface area contributed by atoms with Crippen molar-refractivity contribution in [2.45, 2.75) is 52.2 Å². The summed E-state index contributed by atoms with van der Waals surface area (Å²) in [5, 5.41) is 3.00. The first-order valence-electron chi connectivity index (χ1n) is 8.50. The van der Waals surface area contributed by atoms with Crippen LogP contribution >= 0.6 is 0 Å². The van der Waals surface area contributed by atoms with Gasteiger partial charge in [-0.3, -0.25) is 4.90 Å². The Bertz CT molecular complexity index is 733. The smallest absolute Gasteiger partial charge is 0.410 e. The van der Waals surface area contributed by atoms with Gasteiger partial charge in [0.05, 0.1) is 5.54 Å². The topological polar surface area (TPSA) is 54.5 Å². The maximum Gasteiger partial charge on any atom is 0.410 e. The highest BCUT2D eigenvalue weighted by Crippen LogP contribution is 2.34. The Hall–Kier alpha value is -2.48. The van der Waals surface area contributed by atoms with Gasteiger partial charge in [0.1, 0.15) is 17.1 Å². The van der Waals surface area contributed by atoms with Gasteiger partial charge >= 0.3 is 6.09 Å². The molecule has 2 heterocycles. The van der Waals surface area contributed by atoms with E-state index < -0.39 is 11.1 Å². The molecule has 1 aliphatic rings. The summed E-state index contributed by atoms with van der Waals surface area (Å²) in [6, 6.07) is 5.68. The predicted molar refractivity (Wildman–Crippen MR) is 100 cm³/mol. The number of hydrogen-bond acceptors (Lipinski definition) is 4. The number of ether oxygens (including phenoxy) is 1. The quantitative estimate of drug-likeness (QED) is 0.789. The molecule has 0 unspecified atom stereocenters. The number of aromatic nitrogens is 1. The lowest BCUT2D eigenvalue weighted by molar-refractivity contribution is 0.0160. The molecule has 1 saturated heterocycles. The van der Waals surface area contributed by atoms with E-state index in [1.807, 2.05) is 65.9 Å². The van der Waals surface area contributed by atoms with Crippen LogP contribution < -0.4 is 5.32 Å². The third kappa shape index (κ3) is 4.76. The van der Waals surface area contributed by atoms with Gasteiger partial charge in [0.2, 0.25) is 0 Å². The summed E-state index contributed by atoms with van der Waals surface area (Å²) in [7, 11) is 1.83. The van der Waals surface area contributed by atoms with Gasteiger partial charge in [0.15, 0.2) is 0 Å². The molecule has 0 atom stereocenters. The molecule has 0 bridgehead atoms. The Morgan fingerprint density at radius 3 is 2.76 bits per heavy atom. The highest BCUT2D eigenvalue weighted by atomic mass is 16.6. The number of anilines is 1. The lowest BCUT2D eigenvalue weighted by Gasteiger charge is -2.34. The molecule has 25 heavy (non-hydrogen) atoms. The molecule has 2 rings (SSSR count). The molecule has 0 aliphatic carbocycles. The van der Waals surface area contributed by atoms with Crippen LogP contribution in [0.1, 0.15) is 46.7 Å². The second-order valence-corrected chi connectivity index (χ2v) is 7.54. The maximum absolute atomic E-state index is 12.4. The van der Waals surface area contributed by atoms with Crippen LogP contribution in [-0.4, -0.2) is 40.7 Å². The van der Waals surface area contributed by atoms with Crippen molar-refractivity contribution in [3.8, 4) is 11.8 Å². The Morgan fingerprint density at radius 1 is 1.40 bits per heavy atom. The Balaban J connectivity index is 2.14. The van der Waals surface area contributed by atoms with Gasteiger partial charge in [0.25, 0.3) is 0 Å². The number of nitrogens with zero attached hydrogens (tertiary/aromatic N) is 2. The number of likely N-dealkylation sites (tertiary alicyclic amines) is 1. The van der Waals surface area contributed by atoms with Crippen molar-refractivity contribution < 1.29 is 9.53 Å². The molecular weight excluding hydrogens is 314 g/mol. The lowest BCUT2D eigenvalue weighted by Crippen LogP contribution is -2.46. The third-order valence-electron chi connectivity index (χ3n) is 4.13. The summed E-state index contributed by atoms with van der Waals surface area (Å²) in [5.74, 6) is 6.92. The van der Waals surface area contributed by atoms with Gasteiger partial charge in [-0.1, -0.05) is 12.0 Å². The van der Waals surface area contributed by atoms with Crippen molar-refractivity contribution in [1.29, 1.82) is 0 Å². The second-order valence-electron chi connectivity index (χ2n) is 7.54. The third-order valence-corrected chi connectivity index (χ3v) is 4.13. The largest absolute Gasteiger partial charge is 0.444 e. The number of nitrogens with one attached hydrogen (secondary N) is 1. The highest BCUT2D eigenvalue weighted by Gasteiger charge is 2.41. The van der Waals surface area contributed by atoms with Crippen molar-refractivity contribution in [1.82, 2.24) is 9.88 Å². The average molecular weight is 341 g/mol. The molecule has 0 saturated carbocycles. The van der Waals surface area contributed by atoms with Crippen LogP contribution in [0.4, 0.5) is 10.6 Å².